The lowest BCUT2D eigenvalue weighted by Gasteiger charge is -1.95. The maximum atomic E-state index is 11.0. The summed E-state index contributed by atoms with van der Waals surface area (Å²) in [5, 5.41) is 3.79. The quantitative estimate of drug-likeness (QED) is 0.537. The lowest BCUT2D eigenvalue weighted by molar-refractivity contribution is 0.101. The minimum absolute atomic E-state index is 0.0787. The van der Waals surface area contributed by atoms with Gasteiger partial charge in [0.25, 0.3) is 0 Å². The molecule has 0 aliphatic carbocycles. The van der Waals surface area contributed by atoms with Crippen LogP contribution in [0, 0.1) is 0 Å². The Hall–Kier alpha value is -1.36. The first-order chi connectivity index (χ1) is 6.00. The number of halogens is 1. The summed E-state index contributed by atoms with van der Waals surface area (Å²) in [4.78, 5) is 21.3. The fourth-order valence-corrected chi connectivity index (χ4v) is 0.955. The van der Waals surface area contributed by atoms with E-state index in [2.05, 4.69) is 9.84 Å². The van der Waals surface area contributed by atoms with E-state index in [0.717, 1.165) is 0 Å². The maximum Gasteiger partial charge on any atom is 0.409 e. The van der Waals surface area contributed by atoms with Gasteiger partial charge in [-0.2, -0.15) is 5.10 Å². The van der Waals surface area contributed by atoms with Crippen LogP contribution >= 0.6 is 11.6 Å². The largest absolute Gasteiger partial charge is 0.410 e. The minimum atomic E-state index is -0.990. The van der Waals surface area contributed by atoms with Crippen molar-refractivity contribution in [3.8, 4) is 5.75 Å². The van der Waals surface area contributed by atoms with Gasteiger partial charge in [0, 0.05) is 25.6 Å². The molecule has 0 unspecified atom stereocenters. The predicted molar refractivity (Wildman–Crippen MR) is 45.1 cm³/mol. The fraction of sp³-hybridized carbons (Fsp3) is 0.286. The summed E-state index contributed by atoms with van der Waals surface area (Å²) in [7, 11) is 1.61. The van der Waals surface area contributed by atoms with Crippen LogP contribution in [0.1, 0.15) is 17.4 Å². The number of carbonyl (C=O) groups excluding carboxylic acids is 2. The second-order valence-corrected chi connectivity index (χ2v) is 2.72. The van der Waals surface area contributed by atoms with E-state index in [0.29, 0.717) is 0 Å². The smallest absolute Gasteiger partial charge is 0.409 e. The molecule has 0 aliphatic rings. The summed E-state index contributed by atoms with van der Waals surface area (Å²) in [5.41, 5.74) is -0.896. The summed E-state index contributed by atoms with van der Waals surface area (Å²) < 4.78 is 5.92. The van der Waals surface area contributed by atoms with Gasteiger partial charge in [0.1, 0.15) is 0 Å². The molecular weight excluding hydrogens is 196 g/mol. The van der Waals surface area contributed by atoms with Crippen molar-refractivity contribution >= 4 is 22.8 Å². The van der Waals surface area contributed by atoms with Crippen LogP contribution < -0.4 is 4.74 Å². The molecule has 13 heavy (non-hydrogen) atoms. The third-order valence-corrected chi connectivity index (χ3v) is 1.40. The second kappa shape index (κ2) is 3.57. The number of ether oxygens (including phenoxy) is 1. The molecule has 0 spiro atoms. The van der Waals surface area contributed by atoms with Gasteiger partial charge in [-0.05, 0) is 0 Å². The van der Waals surface area contributed by atoms with E-state index >= 15 is 0 Å². The van der Waals surface area contributed by atoms with Gasteiger partial charge < -0.3 is 4.74 Å². The molecule has 1 aromatic heterocycles. The Labute approximate surface area is 79.2 Å². The highest BCUT2D eigenvalue weighted by molar-refractivity contribution is 6.61. The zero-order valence-electron chi connectivity index (χ0n) is 7.07. The standard InChI is InChI=1S/C7H7ClN2O3/c1-4(11)6-5(13-7(8)12)3-10(2)9-6/h3H,1-2H3. The van der Waals surface area contributed by atoms with Crippen molar-refractivity contribution in [1.82, 2.24) is 9.78 Å². The average molecular weight is 203 g/mol. The predicted octanol–water partition coefficient (Wildman–Crippen LogP) is 1.36. The van der Waals surface area contributed by atoms with Crippen LogP contribution in [-0.2, 0) is 7.05 Å². The van der Waals surface area contributed by atoms with Gasteiger partial charge in [0.2, 0.25) is 0 Å². The molecule has 5 nitrogen and oxygen atoms in total. The summed E-state index contributed by atoms with van der Waals surface area (Å²) in [6.07, 6.45) is 1.40. The summed E-state index contributed by atoms with van der Waals surface area (Å²) in [6, 6.07) is 0. The van der Waals surface area contributed by atoms with Crippen molar-refractivity contribution in [1.29, 1.82) is 0 Å². The Balaban J connectivity index is 3.04. The number of carbonyl (C=O) groups is 2. The van der Waals surface area contributed by atoms with Gasteiger partial charge in [-0.1, -0.05) is 0 Å². The normalized spacial score (nSPS) is 9.77. The first-order valence-corrected chi connectivity index (χ1v) is 3.80. The van der Waals surface area contributed by atoms with Crippen LogP contribution in [0.4, 0.5) is 4.79 Å². The van der Waals surface area contributed by atoms with Gasteiger partial charge in [-0.15, -0.1) is 0 Å². The second-order valence-electron chi connectivity index (χ2n) is 2.41. The Bertz CT molecular complexity index is 359. The number of ketones is 1. The van der Waals surface area contributed by atoms with Gasteiger partial charge in [0.15, 0.2) is 17.2 Å². The van der Waals surface area contributed by atoms with Crippen LogP contribution in [0.3, 0.4) is 0 Å². The molecule has 0 amide bonds. The van der Waals surface area contributed by atoms with Crippen LogP contribution in [0.2, 0.25) is 0 Å². The number of aryl methyl sites for hydroxylation is 1. The van der Waals surface area contributed by atoms with Gasteiger partial charge in [0.05, 0.1) is 6.20 Å². The third kappa shape index (κ3) is 2.29. The Morgan fingerprint density at radius 3 is 2.69 bits per heavy atom. The number of hydrogen-bond donors (Lipinski definition) is 0. The molecule has 0 bridgehead atoms. The lowest BCUT2D eigenvalue weighted by Crippen LogP contribution is -2.01. The molecule has 0 radical (unpaired) electrons. The number of hydrogen-bond acceptors (Lipinski definition) is 4. The molecule has 1 rings (SSSR count). The molecule has 0 aliphatic heterocycles. The highest BCUT2D eigenvalue weighted by Crippen LogP contribution is 2.17. The first kappa shape index (κ1) is 9.73. The van der Waals surface area contributed by atoms with Crippen LogP contribution in [0.15, 0.2) is 6.20 Å². The minimum Gasteiger partial charge on any atom is -0.410 e. The highest BCUT2D eigenvalue weighted by atomic mass is 35.5. The van der Waals surface area contributed by atoms with Crippen molar-refractivity contribution in [3.63, 3.8) is 0 Å². The van der Waals surface area contributed by atoms with E-state index in [-0.39, 0.29) is 17.2 Å². The molecule has 6 heteroatoms. The summed E-state index contributed by atoms with van der Waals surface area (Å²) in [5.74, 6) is -0.205. The van der Waals surface area contributed by atoms with Crippen LogP contribution in [0.5, 0.6) is 5.75 Å². The zero-order chi connectivity index (χ0) is 10.0. The average Bonchev–Trinajstić information content (AvgIpc) is 2.29. The number of Topliss-reactive ketones (excluding diaryl/α,β-unsaturated/α-hetero) is 1. The van der Waals surface area contributed by atoms with Crippen molar-refractivity contribution in [3.05, 3.63) is 11.9 Å². The van der Waals surface area contributed by atoms with Crippen molar-refractivity contribution in [2.75, 3.05) is 0 Å². The van der Waals surface area contributed by atoms with E-state index in [1.165, 1.54) is 17.8 Å². The topological polar surface area (TPSA) is 61.2 Å². The molecule has 0 saturated heterocycles. The number of rotatable bonds is 2. The maximum absolute atomic E-state index is 11.0. The van der Waals surface area contributed by atoms with E-state index in [1.807, 2.05) is 0 Å². The fourth-order valence-electron chi connectivity index (χ4n) is 0.872. The highest BCUT2D eigenvalue weighted by Gasteiger charge is 2.15. The zero-order valence-corrected chi connectivity index (χ0v) is 7.83. The van der Waals surface area contributed by atoms with Gasteiger partial charge >= 0.3 is 5.43 Å². The summed E-state index contributed by atoms with van der Waals surface area (Å²) in [6.45, 7) is 1.33. The molecule has 1 heterocycles. The molecular formula is C7H7ClN2O3. The third-order valence-electron chi connectivity index (χ3n) is 1.32. The Morgan fingerprint density at radius 1 is 1.62 bits per heavy atom. The van der Waals surface area contributed by atoms with Crippen molar-refractivity contribution in [2.45, 2.75) is 6.92 Å². The van der Waals surface area contributed by atoms with E-state index < -0.39 is 5.43 Å². The van der Waals surface area contributed by atoms with Gasteiger partial charge in [-0.3, -0.25) is 9.48 Å². The summed E-state index contributed by atoms with van der Waals surface area (Å²) >= 11 is 4.99. The van der Waals surface area contributed by atoms with Crippen LogP contribution in [0.25, 0.3) is 0 Å². The molecule has 0 saturated carbocycles. The number of nitrogens with zero attached hydrogens (tertiary/aromatic N) is 2. The molecule has 70 valence electrons. The van der Waals surface area contributed by atoms with Crippen molar-refractivity contribution < 1.29 is 14.3 Å². The molecule has 0 N–H and O–H groups in total. The van der Waals surface area contributed by atoms with Crippen molar-refractivity contribution in [2.24, 2.45) is 7.05 Å². The number of aromatic nitrogens is 2. The van der Waals surface area contributed by atoms with E-state index in [1.54, 1.807) is 7.05 Å². The molecule has 0 aromatic carbocycles. The van der Waals surface area contributed by atoms with Crippen LogP contribution in [-0.4, -0.2) is 21.0 Å². The van der Waals surface area contributed by atoms with E-state index in [9.17, 15) is 9.59 Å². The Kier molecular flexibility index (Phi) is 2.67. The molecule has 0 atom stereocenters. The Morgan fingerprint density at radius 2 is 2.23 bits per heavy atom. The van der Waals surface area contributed by atoms with Gasteiger partial charge in [-0.25, -0.2) is 4.79 Å². The SMILES string of the molecule is CC(=O)c1nn(C)cc1OC(=O)Cl. The first-order valence-electron chi connectivity index (χ1n) is 3.42. The molecule has 0 fully saturated rings. The lowest BCUT2D eigenvalue weighted by atomic mass is 10.3. The monoisotopic (exact) mass is 202 g/mol. The molecule has 1 aromatic rings. The van der Waals surface area contributed by atoms with E-state index in [4.69, 9.17) is 11.6 Å².